The predicted octanol–water partition coefficient (Wildman–Crippen LogP) is 4.07. The summed E-state index contributed by atoms with van der Waals surface area (Å²) < 4.78 is 25.9. The summed E-state index contributed by atoms with van der Waals surface area (Å²) in [4.78, 5) is 0. The highest BCUT2D eigenvalue weighted by molar-refractivity contribution is 5.50. The second-order valence-corrected chi connectivity index (χ2v) is 4.94. The molecule has 0 radical (unpaired) electrons. The van der Waals surface area contributed by atoms with Crippen LogP contribution in [0, 0.1) is 11.6 Å². The fourth-order valence-corrected chi connectivity index (χ4v) is 2.54. The quantitative estimate of drug-likeness (QED) is 0.876. The zero-order valence-electron chi connectivity index (χ0n) is 10.5. The highest BCUT2D eigenvalue weighted by atomic mass is 19.2. The molecular weight excluding hydrogens is 244 g/mol. The Labute approximate surface area is 111 Å². The van der Waals surface area contributed by atoms with Crippen LogP contribution < -0.4 is 5.32 Å². The summed E-state index contributed by atoms with van der Waals surface area (Å²) in [6, 6.07) is 10.3. The summed E-state index contributed by atoms with van der Waals surface area (Å²) in [6.45, 7) is 0.496. The van der Waals surface area contributed by atoms with Gasteiger partial charge >= 0.3 is 0 Å². The molecule has 1 aliphatic rings. The first-order chi connectivity index (χ1) is 9.22. The Kier molecular flexibility index (Phi) is 3.20. The van der Waals surface area contributed by atoms with E-state index >= 15 is 0 Å². The maximum Gasteiger partial charge on any atom is 0.159 e. The third-order valence-electron chi connectivity index (χ3n) is 3.58. The SMILES string of the molecule is Fc1ccc(CNc2ccc3c(c2)CCC3)cc1F. The Morgan fingerprint density at radius 2 is 1.74 bits per heavy atom. The van der Waals surface area contributed by atoms with Gasteiger partial charge in [-0.1, -0.05) is 12.1 Å². The van der Waals surface area contributed by atoms with Gasteiger partial charge in [0.1, 0.15) is 0 Å². The number of halogens is 2. The molecule has 1 aliphatic carbocycles. The van der Waals surface area contributed by atoms with E-state index in [0.29, 0.717) is 6.54 Å². The molecule has 0 saturated carbocycles. The molecule has 0 aliphatic heterocycles. The van der Waals surface area contributed by atoms with Crippen LogP contribution in [-0.4, -0.2) is 0 Å². The van der Waals surface area contributed by atoms with Crippen molar-refractivity contribution in [2.24, 2.45) is 0 Å². The minimum Gasteiger partial charge on any atom is -0.381 e. The number of fused-ring (bicyclic) bond motifs is 1. The van der Waals surface area contributed by atoms with Crippen LogP contribution in [0.3, 0.4) is 0 Å². The van der Waals surface area contributed by atoms with Crippen molar-refractivity contribution in [3.63, 3.8) is 0 Å². The van der Waals surface area contributed by atoms with Crippen molar-refractivity contribution < 1.29 is 8.78 Å². The lowest BCUT2D eigenvalue weighted by molar-refractivity contribution is 0.507. The number of anilines is 1. The number of nitrogens with one attached hydrogen (secondary N) is 1. The molecule has 0 amide bonds. The molecule has 1 nitrogen and oxygen atoms in total. The predicted molar refractivity (Wildman–Crippen MR) is 72.2 cm³/mol. The fourth-order valence-electron chi connectivity index (χ4n) is 2.54. The molecule has 0 bridgehead atoms. The van der Waals surface area contributed by atoms with Crippen molar-refractivity contribution in [1.82, 2.24) is 0 Å². The van der Waals surface area contributed by atoms with E-state index in [1.54, 1.807) is 6.07 Å². The molecule has 3 rings (SSSR count). The molecule has 0 unspecified atom stereocenters. The lowest BCUT2D eigenvalue weighted by Gasteiger charge is -2.09. The van der Waals surface area contributed by atoms with Crippen LogP contribution in [0.1, 0.15) is 23.1 Å². The normalized spacial score (nSPS) is 13.4. The summed E-state index contributed by atoms with van der Waals surface area (Å²) in [7, 11) is 0. The van der Waals surface area contributed by atoms with Gasteiger partial charge in [0, 0.05) is 12.2 Å². The molecule has 2 aromatic rings. The van der Waals surface area contributed by atoms with Gasteiger partial charge in [0.2, 0.25) is 0 Å². The fraction of sp³-hybridized carbons (Fsp3) is 0.250. The topological polar surface area (TPSA) is 12.0 Å². The molecule has 2 aromatic carbocycles. The lowest BCUT2D eigenvalue weighted by atomic mass is 10.1. The van der Waals surface area contributed by atoms with E-state index < -0.39 is 11.6 Å². The van der Waals surface area contributed by atoms with Gasteiger partial charge < -0.3 is 5.32 Å². The minimum absolute atomic E-state index is 0.496. The summed E-state index contributed by atoms with van der Waals surface area (Å²) >= 11 is 0. The van der Waals surface area contributed by atoms with Crippen LogP contribution in [0.5, 0.6) is 0 Å². The maximum absolute atomic E-state index is 13.1. The number of hydrogen-bond donors (Lipinski definition) is 1. The molecule has 0 atom stereocenters. The molecule has 0 fully saturated rings. The van der Waals surface area contributed by atoms with Crippen molar-refractivity contribution >= 4 is 5.69 Å². The van der Waals surface area contributed by atoms with Crippen LogP contribution in [0.4, 0.5) is 14.5 Å². The Morgan fingerprint density at radius 3 is 2.58 bits per heavy atom. The molecular formula is C16H15F2N. The lowest BCUT2D eigenvalue weighted by Crippen LogP contribution is -2.01. The van der Waals surface area contributed by atoms with E-state index in [1.165, 1.54) is 30.0 Å². The third-order valence-corrected chi connectivity index (χ3v) is 3.58. The molecule has 19 heavy (non-hydrogen) atoms. The van der Waals surface area contributed by atoms with Crippen molar-refractivity contribution in [3.05, 3.63) is 64.7 Å². The van der Waals surface area contributed by atoms with Crippen molar-refractivity contribution in [1.29, 1.82) is 0 Å². The first-order valence-corrected chi connectivity index (χ1v) is 6.52. The summed E-state index contributed by atoms with van der Waals surface area (Å²) in [5.41, 5.74) is 4.60. The maximum atomic E-state index is 13.1. The van der Waals surface area contributed by atoms with Crippen molar-refractivity contribution in [2.75, 3.05) is 5.32 Å². The molecule has 0 saturated heterocycles. The summed E-state index contributed by atoms with van der Waals surface area (Å²) in [5.74, 6) is -1.60. The molecule has 0 spiro atoms. The van der Waals surface area contributed by atoms with Gasteiger partial charge in [-0.3, -0.25) is 0 Å². The Bertz CT molecular complexity index is 608. The first kappa shape index (κ1) is 12.2. The largest absolute Gasteiger partial charge is 0.381 e. The Balaban J connectivity index is 1.70. The van der Waals surface area contributed by atoms with Crippen molar-refractivity contribution in [2.45, 2.75) is 25.8 Å². The number of aryl methyl sites for hydroxylation is 2. The van der Waals surface area contributed by atoms with Crippen LogP contribution >= 0.6 is 0 Å². The first-order valence-electron chi connectivity index (χ1n) is 6.52. The Hall–Kier alpha value is -1.90. The van der Waals surface area contributed by atoms with Gasteiger partial charge in [0.15, 0.2) is 11.6 Å². The molecule has 3 heteroatoms. The molecule has 1 N–H and O–H groups in total. The molecule has 0 aromatic heterocycles. The van der Waals surface area contributed by atoms with Crippen LogP contribution in [0.2, 0.25) is 0 Å². The number of hydrogen-bond acceptors (Lipinski definition) is 1. The smallest absolute Gasteiger partial charge is 0.159 e. The van der Waals surface area contributed by atoms with E-state index in [-0.39, 0.29) is 0 Å². The monoisotopic (exact) mass is 259 g/mol. The van der Waals surface area contributed by atoms with E-state index in [9.17, 15) is 8.78 Å². The minimum atomic E-state index is -0.804. The van der Waals surface area contributed by atoms with Crippen LogP contribution in [-0.2, 0) is 19.4 Å². The second kappa shape index (κ2) is 5.00. The van der Waals surface area contributed by atoms with E-state index in [0.717, 1.165) is 23.7 Å². The average molecular weight is 259 g/mol. The second-order valence-electron chi connectivity index (χ2n) is 4.94. The Morgan fingerprint density at radius 1 is 0.895 bits per heavy atom. The number of benzene rings is 2. The third kappa shape index (κ3) is 2.60. The van der Waals surface area contributed by atoms with Gasteiger partial charge in [0.05, 0.1) is 0 Å². The van der Waals surface area contributed by atoms with Crippen molar-refractivity contribution in [3.8, 4) is 0 Å². The van der Waals surface area contributed by atoms with Gasteiger partial charge in [0.25, 0.3) is 0 Å². The summed E-state index contributed by atoms with van der Waals surface area (Å²) in [6.07, 6.45) is 3.52. The zero-order chi connectivity index (χ0) is 13.2. The number of rotatable bonds is 3. The van der Waals surface area contributed by atoms with Gasteiger partial charge in [-0.15, -0.1) is 0 Å². The zero-order valence-corrected chi connectivity index (χ0v) is 10.5. The van der Waals surface area contributed by atoms with Gasteiger partial charge in [-0.05, 0) is 60.2 Å². The molecule has 0 heterocycles. The van der Waals surface area contributed by atoms with E-state index in [1.807, 2.05) is 6.07 Å². The molecule has 98 valence electrons. The van der Waals surface area contributed by atoms with Crippen LogP contribution in [0.15, 0.2) is 36.4 Å². The van der Waals surface area contributed by atoms with E-state index in [2.05, 4.69) is 17.4 Å². The van der Waals surface area contributed by atoms with E-state index in [4.69, 9.17) is 0 Å². The van der Waals surface area contributed by atoms with Gasteiger partial charge in [-0.2, -0.15) is 0 Å². The van der Waals surface area contributed by atoms with Gasteiger partial charge in [-0.25, -0.2) is 8.78 Å². The average Bonchev–Trinajstić information content (AvgIpc) is 2.87. The highest BCUT2D eigenvalue weighted by Gasteiger charge is 2.10. The highest BCUT2D eigenvalue weighted by Crippen LogP contribution is 2.25. The standard InChI is InChI=1S/C16H15F2N/c17-15-7-4-11(8-16(15)18)10-19-14-6-5-12-2-1-3-13(12)9-14/h4-9,19H,1-3,10H2. The summed E-state index contributed by atoms with van der Waals surface area (Å²) in [5, 5.41) is 3.25. The van der Waals surface area contributed by atoms with Crippen LogP contribution in [0.25, 0.3) is 0 Å².